The summed E-state index contributed by atoms with van der Waals surface area (Å²) in [5.41, 5.74) is 1.81. The van der Waals surface area contributed by atoms with Gasteiger partial charge in [0, 0.05) is 38.9 Å². The van der Waals surface area contributed by atoms with Gasteiger partial charge in [0.25, 0.3) is 0 Å². The molecule has 0 spiro atoms. The maximum Gasteiger partial charge on any atom is 0.186 e. The van der Waals surface area contributed by atoms with Crippen LogP contribution in [0.4, 0.5) is 0 Å². The van der Waals surface area contributed by atoms with Crippen LogP contribution in [0, 0.1) is 0 Å². The lowest BCUT2D eigenvalue weighted by Crippen LogP contribution is -2.42. The highest BCUT2D eigenvalue weighted by atomic mass is 16.5. The maximum absolute atomic E-state index is 11.1. The summed E-state index contributed by atoms with van der Waals surface area (Å²) < 4.78 is 5.28. The van der Waals surface area contributed by atoms with Crippen molar-refractivity contribution in [1.82, 2.24) is 15.5 Å². The summed E-state index contributed by atoms with van der Waals surface area (Å²) in [5.74, 6) is 0.205. The number of rotatable bonds is 5. The zero-order valence-electron chi connectivity index (χ0n) is 9.71. The van der Waals surface area contributed by atoms with Crippen LogP contribution in [-0.2, 0) is 9.53 Å². The Morgan fingerprint density at radius 3 is 2.75 bits per heavy atom. The van der Waals surface area contributed by atoms with Gasteiger partial charge in [-0.2, -0.15) is 0 Å². The van der Waals surface area contributed by atoms with Gasteiger partial charge in [-0.1, -0.05) is 0 Å². The fraction of sp³-hybridized carbons (Fsp3) is 0.727. The number of morpholine rings is 1. The van der Waals surface area contributed by atoms with Gasteiger partial charge in [-0.05, 0) is 0 Å². The molecule has 0 amide bonds. The summed E-state index contributed by atoms with van der Waals surface area (Å²) in [6.07, 6.45) is 0.555. The van der Waals surface area contributed by atoms with Gasteiger partial charge >= 0.3 is 0 Å². The summed E-state index contributed by atoms with van der Waals surface area (Å²) in [5, 5.41) is 6.24. The number of nitrogens with one attached hydrogen (secondary N) is 2. The van der Waals surface area contributed by atoms with E-state index in [-0.39, 0.29) is 5.78 Å². The molecule has 5 nitrogen and oxygen atoms in total. The molecule has 2 N–H and O–H groups in total. The second kappa shape index (κ2) is 5.32. The fourth-order valence-electron chi connectivity index (χ4n) is 2.03. The molecule has 2 aliphatic rings. The second-order valence-electron chi connectivity index (χ2n) is 4.08. The van der Waals surface area contributed by atoms with Crippen LogP contribution in [0.15, 0.2) is 11.4 Å². The third-order valence-electron chi connectivity index (χ3n) is 3.04. The minimum absolute atomic E-state index is 0.205. The molecule has 5 heteroatoms. The molecule has 16 heavy (non-hydrogen) atoms. The average Bonchev–Trinajstić information content (AvgIpc) is 2.29. The highest BCUT2D eigenvalue weighted by molar-refractivity contribution is 6.03. The first-order chi connectivity index (χ1) is 7.81. The van der Waals surface area contributed by atoms with E-state index in [0.29, 0.717) is 6.42 Å². The molecule has 0 aromatic heterocycles. The van der Waals surface area contributed by atoms with Crippen molar-refractivity contribution < 1.29 is 9.53 Å². The van der Waals surface area contributed by atoms with E-state index in [0.717, 1.165) is 50.8 Å². The molecule has 1 aliphatic heterocycles. The van der Waals surface area contributed by atoms with Gasteiger partial charge in [0.1, 0.15) is 0 Å². The molecular weight excluding hydrogens is 206 g/mol. The molecule has 90 valence electrons. The van der Waals surface area contributed by atoms with Gasteiger partial charge in [-0.15, -0.1) is 0 Å². The number of carbonyl (C=O) groups is 1. The Balaban J connectivity index is 1.68. The van der Waals surface area contributed by atoms with Gasteiger partial charge in [0.2, 0.25) is 0 Å². The van der Waals surface area contributed by atoms with E-state index < -0.39 is 0 Å². The number of hydrogen-bond acceptors (Lipinski definition) is 5. The number of ketones is 1. The molecule has 1 saturated heterocycles. The Labute approximate surface area is 95.8 Å². The molecule has 0 saturated carbocycles. The van der Waals surface area contributed by atoms with E-state index >= 15 is 0 Å². The van der Waals surface area contributed by atoms with E-state index in [2.05, 4.69) is 15.5 Å². The van der Waals surface area contributed by atoms with Crippen LogP contribution in [0.25, 0.3) is 0 Å². The predicted octanol–water partition coefficient (Wildman–Crippen LogP) is -0.688. The molecule has 2 rings (SSSR count). The highest BCUT2D eigenvalue weighted by Crippen LogP contribution is 2.18. The highest BCUT2D eigenvalue weighted by Gasteiger charge is 2.25. The lowest BCUT2D eigenvalue weighted by Gasteiger charge is -2.28. The van der Waals surface area contributed by atoms with Crippen molar-refractivity contribution in [2.75, 3.05) is 46.4 Å². The van der Waals surface area contributed by atoms with E-state index in [1.165, 1.54) is 0 Å². The van der Waals surface area contributed by atoms with Crippen molar-refractivity contribution in [3.8, 4) is 0 Å². The minimum Gasteiger partial charge on any atom is -0.385 e. The van der Waals surface area contributed by atoms with Crippen molar-refractivity contribution >= 4 is 5.78 Å². The Hall–Kier alpha value is -1.07. The molecular formula is C11H19N3O2. The van der Waals surface area contributed by atoms with Crippen LogP contribution in [0.2, 0.25) is 0 Å². The number of hydrogen-bond donors (Lipinski definition) is 2. The lowest BCUT2D eigenvalue weighted by atomic mass is 9.99. The first-order valence-corrected chi connectivity index (χ1v) is 5.79. The topological polar surface area (TPSA) is 53.6 Å². The van der Waals surface area contributed by atoms with Crippen LogP contribution in [-0.4, -0.2) is 57.1 Å². The third kappa shape index (κ3) is 2.54. The zero-order chi connectivity index (χ0) is 11.4. The van der Waals surface area contributed by atoms with Crippen LogP contribution < -0.4 is 10.6 Å². The summed E-state index contributed by atoms with van der Waals surface area (Å²) in [6.45, 7) is 5.61. The summed E-state index contributed by atoms with van der Waals surface area (Å²) >= 11 is 0. The van der Waals surface area contributed by atoms with Gasteiger partial charge in [-0.3, -0.25) is 9.69 Å². The van der Waals surface area contributed by atoms with E-state index in [1.54, 1.807) is 7.05 Å². The Morgan fingerprint density at radius 1 is 1.38 bits per heavy atom. The smallest absolute Gasteiger partial charge is 0.186 e. The SMILES string of the molecule is CNC1=C(NCCN2CCOCC2)CC1=O. The molecule has 0 unspecified atom stereocenters. The molecule has 0 aromatic carbocycles. The van der Waals surface area contributed by atoms with Gasteiger partial charge in [0.15, 0.2) is 5.78 Å². The van der Waals surface area contributed by atoms with Crippen molar-refractivity contribution in [2.45, 2.75) is 6.42 Å². The maximum atomic E-state index is 11.1. The van der Waals surface area contributed by atoms with Crippen LogP contribution in [0.1, 0.15) is 6.42 Å². The zero-order valence-corrected chi connectivity index (χ0v) is 9.71. The average molecular weight is 225 g/mol. The summed E-state index contributed by atoms with van der Waals surface area (Å²) in [4.78, 5) is 13.5. The first kappa shape index (κ1) is 11.4. The van der Waals surface area contributed by atoms with Crippen LogP contribution >= 0.6 is 0 Å². The van der Waals surface area contributed by atoms with Crippen molar-refractivity contribution in [2.24, 2.45) is 0 Å². The van der Waals surface area contributed by atoms with Crippen LogP contribution in [0.3, 0.4) is 0 Å². The number of ether oxygens (including phenoxy) is 1. The summed E-state index contributed by atoms with van der Waals surface area (Å²) in [6, 6.07) is 0. The molecule has 0 bridgehead atoms. The Morgan fingerprint density at radius 2 is 2.12 bits per heavy atom. The van der Waals surface area contributed by atoms with E-state index in [4.69, 9.17) is 4.74 Å². The van der Waals surface area contributed by atoms with Gasteiger partial charge < -0.3 is 15.4 Å². The lowest BCUT2D eigenvalue weighted by molar-refractivity contribution is -0.117. The Bertz CT molecular complexity index is 296. The van der Waals surface area contributed by atoms with E-state index in [9.17, 15) is 4.79 Å². The quantitative estimate of drug-likeness (QED) is 0.649. The number of nitrogens with zero attached hydrogens (tertiary/aromatic N) is 1. The minimum atomic E-state index is 0.205. The van der Waals surface area contributed by atoms with Crippen molar-refractivity contribution in [3.63, 3.8) is 0 Å². The molecule has 0 aromatic rings. The molecule has 1 aliphatic carbocycles. The first-order valence-electron chi connectivity index (χ1n) is 5.79. The second-order valence-corrected chi connectivity index (χ2v) is 4.08. The molecule has 1 heterocycles. The number of allylic oxidation sites excluding steroid dienone is 2. The van der Waals surface area contributed by atoms with Crippen molar-refractivity contribution in [3.05, 3.63) is 11.4 Å². The number of carbonyl (C=O) groups excluding carboxylic acids is 1. The molecule has 0 atom stereocenters. The number of likely N-dealkylation sites (N-methyl/N-ethyl adjacent to an activating group) is 1. The Kier molecular flexibility index (Phi) is 3.79. The monoisotopic (exact) mass is 225 g/mol. The number of Topliss-reactive ketones (excluding diaryl/α,β-unsaturated/α-hetero) is 1. The van der Waals surface area contributed by atoms with E-state index in [1.807, 2.05) is 0 Å². The molecule has 0 radical (unpaired) electrons. The van der Waals surface area contributed by atoms with Crippen molar-refractivity contribution in [1.29, 1.82) is 0 Å². The molecule has 1 fully saturated rings. The summed E-state index contributed by atoms with van der Waals surface area (Å²) in [7, 11) is 1.79. The van der Waals surface area contributed by atoms with Gasteiger partial charge in [0.05, 0.1) is 25.3 Å². The largest absolute Gasteiger partial charge is 0.385 e. The van der Waals surface area contributed by atoms with Crippen LogP contribution in [0.5, 0.6) is 0 Å². The normalized spacial score (nSPS) is 21.9. The fourth-order valence-corrected chi connectivity index (χ4v) is 2.03. The third-order valence-corrected chi connectivity index (χ3v) is 3.04. The van der Waals surface area contributed by atoms with Gasteiger partial charge in [-0.25, -0.2) is 0 Å². The predicted molar refractivity (Wildman–Crippen MR) is 61.0 cm³/mol. The standard InChI is InChI=1S/C11H19N3O2/c1-12-11-9(8-10(11)15)13-2-3-14-4-6-16-7-5-14/h12-13H,2-8H2,1H3.